The molecule has 0 unspecified atom stereocenters. The Labute approximate surface area is 166 Å². The SMILES string of the molecule is COc1cc(-c2nc3ccccn3c2/N=C/c2ccc3c(c2)OCO3)ccc1O. The summed E-state index contributed by atoms with van der Waals surface area (Å²) in [4.78, 5) is 9.45. The lowest BCUT2D eigenvalue weighted by molar-refractivity contribution is 0.174. The summed E-state index contributed by atoms with van der Waals surface area (Å²) in [6, 6.07) is 16.6. The zero-order valence-electron chi connectivity index (χ0n) is 15.6. The van der Waals surface area contributed by atoms with E-state index in [2.05, 4.69) is 0 Å². The third-order valence-electron chi connectivity index (χ3n) is 4.69. The maximum absolute atomic E-state index is 9.92. The number of imidazole rings is 1. The van der Waals surface area contributed by atoms with Crippen LogP contribution in [-0.2, 0) is 0 Å². The summed E-state index contributed by atoms with van der Waals surface area (Å²) in [5.74, 6) is 2.56. The van der Waals surface area contributed by atoms with Crippen LogP contribution < -0.4 is 14.2 Å². The summed E-state index contributed by atoms with van der Waals surface area (Å²) < 4.78 is 18.0. The highest BCUT2D eigenvalue weighted by molar-refractivity contribution is 5.86. The Morgan fingerprint density at radius 2 is 2.00 bits per heavy atom. The van der Waals surface area contributed by atoms with Crippen molar-refractivity contribution in [2.75, 3.05) is 13.9 Å². The van der Waals surface area contributed by atoms with Crippen LogP contribution in [0.3, 0.4) is 0 Å². The molecule has 0 saturated heterocycles. The third-order valence-corrected chi connectivity index (χ3v) is 4.69. The minimum absolute atomic E-state index is 0.0745. The quantitative estimate of drug-likeness (QED) is 0.531. The molecule has 1 aliphatic heterocycles. The zero-order chi connectivity index (χ0) is 19.8. The fraction of sp³-hybridized carbons (Fsp3) is 0.0909. The number of fused-ring (bicyclic) bond motifs is 2. The first-order valence-electron chi connectivity index (χ1n) is 9.01. The van der Waals surface area contributed by atoms with Crippen LogP contribution in [0.2, 0.25) is 0 Å². The molecule has 1 N–H and O–H groups in total. The van der Waals surface area contributed by atoms with Crippen molar-refractivity contribution in [2.45, 2.75) is 0 Å². The first-order valence-corrected chi connectivity index (χ1v) is 9.01. The van der Waals surface area contributed by atoms with Crippen LogP contribution in [0.1, 0.15) is 5.56 Å². The number of ether oxygens (including phenoxy) is 3. The number of aromatic nitrogens is 2. The summed E-state index contributed by atoms with van der Waals surface area (Å²) in [7, 11) is 1.52. The summed E-state index contributed by atoms with van der Waals surface area (Å²) in [6.07, 6.45) is 3.68. The van der Waals surface area contributed by atoms with Crippen molar-refractivity contribution in [1.82, 2.24) is 9.38 Å². The van der Waals surface area contributed by atoms with Crippen LogP contribution in [0.5, 0.6) is 23.0 Å². The van der Waals surface area contributed by atoms with Crippen LogP contribution in [-0.4, -0.2) is 34.6 Å². The van der Waals surface area contributed by atoms with Gasteiger partial charge in [0.15, 0.2) is 28.8 Å². The number of methoxy groups -OCH3 is 1. The number of phenolic OH excluding ortho intramolecular Hbond substituents is 1. The lowest BCUT2D eigenvalue weighted by Crippen LogP contribution is -1.92. The normalized spacial score (nSPS) is 12.7. The van der Waals surface area contributed by atoms with E-state index >= 15 is 0 Å². The Morgan fingerprint density at radius 1 is 1.10 bits per heavy atom. The second kappa shape index (κ2) is 6.87. The topological polar surface area (TPSA) is 77.6 Å². The Morgan fingerprint density at radius 3 is 2.90 bits per heavy atom. The number of hydrogen-bond donors (Lipinski definition) is 1. The Balaban J connectivity index is 1.62. The average Bonchev–Trinajstić information content (AvgIpc) is 3.36. The van der Waals surface area contributed by atoms with E-state index in [1.165, 1.54) is 7.11 Å². The highest BCUT2D eigenvalue weighted by Gasteiger charge is 2.16. The maximum Gasteiger partial charge on any atom is 0.231 e. The van der Waals surface area contributed by atoms with Crippen LogP contribution in [0.15, 0.2) is 65.8 Å². The predicted octanol–water partition coefficient (Wildman–Crippen LogP) is 4.19. The molecule has 0 bridgehead atoms. The Hall–Kier alpha value is -4.00. The van der Waals surface area contributed by atoms with Gasteiger partial charge in [-0.3, -0.25) is 4.40 Å². The molecule has 2 aromatic heterocycles. The average molecular weight is 387 g/mol. The molecule has 0 atom stereocenters. The molecule has 29 heavy (non-hydrogen) atoms. The fourth-order valence-electron chi connectivity index (χ4n) is 3.25. The minimum Gasteiger partial charge on any atom is -0.504 e. The standard InChI is InChI=1S/C22H17N3O4/c1-27-18-11-15(6-7-16(18)26)21-22(25-9-3-2-4-20(25)24-21)23-12-14-5-8-17-19(10-14)29-13-28-17/h2-12,26H,13H2,1H3/b23-12+. The summed E-state index contributed by atoms with van der Waals surface area (Å²) in [5.41, 5.74) is 3.13. The number of rotatable bonds is 4. The van der Waals surface area contributed by atoms with Crippen molar-refractivity contribution in [3.63, 3.8) is 0 Å². The molecule has 5 rings (SSSR count). The first kappa shape index (κ1) is 17.1. The lowest BCUT2D eigenvalue weighted by Gasteiger charge is -2.06. The molecular weight excluding hydrogens is 370 g/mol. The van der Waals surface area contributed by atoms with Crippen molar-refractivity contribution in [3.8, 4) is 34.3 Å². The molecule has 1 aliphatic rings. The number of phenols is 1. The molecule has 0 saturated carbocycles. The van der Waals surface area contributed by atoms with Crippen LogP contribution >= 0.6 is 0 Å². The maximum atomic E-state index is 9.92. The first-order chi connectivity index (χ1) is 14.2. The second-order valence-electron chi connectivity index (χ2n) is 6.47. The molecule has 0 fully saturated rings. The number of benzene rings is 2. The van der Waals surface area contributed by atoms with Gasteiger partial charge in [-0.05, 0) is 54.1 Å². The monoisotopic (exact) mass is 387 g/mol. The summed E-state index contributed by atoms with van der Waals surface area (Å²) >= 11 is 0. The minimum atomic E-state index is 0.0745. The molecule has 0 radical (unpaired) electrons. The van der Waals surface area contributed by atoms with Crippen molar-refractivity contribution < 1.29 is 19.3 Å². The van der Waals surface area contributed by atoms with E-state index in [1.807, 2.05) is 47.0 Å². The molecule has 0 amide bonds. The highest BCUT2D eigenvalue weighted by atomic mass is 16.7. The molecule has 2 aromatic carbocycles. The highest BCUT2D eigenvalue weighted by Crippen LogP contribution is 2.36. The van der Waals surface area contributed by atoms with E-state index in [4.69, 9.17) is 24.2 Å². The van der Waals surface area contributed by atoms with E-state index in [0.29, 0.717) is 23.0 Å². The molecule has 0 spiro atoms. The van der Waals surface area contributed by atoms with E-state index in [9.17, 15) is 5.11 Å². The van der Waals surface area contributed by atoms with Crippen molar-refractivity contribution in [2.24, 2.45) is 4.99 Å². The van der Waals surface area contributed by atoms with Gasteiger partial charge in [0.25, 0.3) is 0 Å². The fourth-order valence-corrected chi connectivity index (χ4v) is 3.25. The molecule has 4 aromatic rings. The zero-order valence-corrected chi connectivity index (χ0v) is 15.6. The molecular formula is C22H17N3O4. The van der Waals surface area contributed by atoms with Gasteiger partial charge in [0.1, 0.15) is 11.3 Å². The largest absolute Gasteiger partial charge is 0.504 e. The number of hydrogen-bond acceptors (Lipinski definition) is 6. The van der Waals surface area contributed by atoms with Gasteiger partial charge in [0.2, 0.25) is 6.79 Å². The Bertz CT molecular complexity index is 1250. The summed E-state index contributed by atoms with van der Waals surface area (Å²) in [5, 5.41) is 9.92. The van der Waals surface area contributed by atoms with E-state index in [1.54, 1.807) is 24.4 Å². The van der Waals surface area contributed by atoms with Gasteiger partial charge in [-0.2, -0.15) is 0 Å². The number of nitrogens with zero attached hydrogens (tertiary/aromatic N) is 3. The van der Waals surface area contributed by atoms with Gasteiger partial charge in [-0.25, -0.2) is 9.98 Å². The van der Waals surface area contributed by atoms with Crippen LogP contribution in [0, 0.1) is 0 Å². The van der Waals surface area contributed by atoms with Crippen molar-refractivity contribution >= 4 is 17.7 Å². The predicted molar refractivity (Wildman–Crippen MR) is 109 cm³/mol. The third kappa shape index (κ3) is 3.02. The van der Waals surface area contributed by atoms with E-state index in [-0.39, 0.29) is 12.5 Å². The second-order valence-corrected chi connectivity index (χ2v) is 6.47. The number of aromatic hydroxyl groups is 1. The smallest absolute Gasteiger partial charge is 0.231 e. The number of aliphatic imine (C=N–C) groups is 1. The van der Waals surface area contributed by atoms with Crippen molar-refractivity contribution in [3.05, 3.63) is 66.4 Å². The summed E-state index contributed by atoms with van der Waals surface area (Å²) in [6.45, 7) is 0.232. The van der Waals surface area contributed by atoms with Gasteiger partial charge >= 0.3 is 0 Å². The molecule has 0 aliphatic carbocycles. The molecule has 7 heteroatoms. The molecule has 7 nitrogen and oxygen atoms in total. The van der Waals surface area contributed by atoms with Crippen LogP contribution in [0.25, 0.3) is 16.9 Å². The van der Waals surface area contributed by atoms with Gasteiger partial charge in [0, 0.05) is 18.0 Å². The van der Waals surface area contributed by atoms with Crippen LogP contribution in [0.4, 0.5) is 5.82 Å². The number of pyridine rings is 1. The van der Waals surface area contributed by atoms with Gasteiger partial charge in [-0.15, -0.1) is 0 Å². The van der Waals surface area contributed by atoms with Gasteiger partial charge in [0.05, 0.1) is 7.11 Å². The van der Waals surface area contributed by atoms with Crippen molar-refractivity contribution in [1.29, 1.82) is 0 Å². The van der Waals surface area contributed by atoms with E-state index in [0.717, 1.165) is 22.5 Å². The Kier molecular flexibility index (Phi) is 4.05. The van der Waals surface area contributed by atoms with Gasteiger partial charge in [-0.1, -0.05) is 6.07 Å². The lowest BCUT2D eigenvalue weighted by atomic mass is 10.1. The van der Waals surface area contributed by atoms with E-state index < -0.39 is 0 Å². The molecule has 144 valence electrons. The van der Waals surface area contributed by atoms with Gasteiger partial charge < -0.3 is 19.3 Å². The molecule has 3 heterocycles.